The summed E-state index contributed by atoms with van der Waals surface area (Å²) in [5, 5.41) is 41.8. The first-order valence-electron chi connectivity index (χ1n) is 8.95. The number of hydrogen-bond donors (Lipinski definition) is 9. The van der Waals surface area contributed by atoms with E-state index in [1.807, 2.05) is 16.0 Å². The van der Waals surface area contributed by atoms with Gasteiger partial charge in [-0.25, -0.2) is 4.79 Å². The monoisotopic (exact) mass is 463 g/mol. The Morgan fingerprint density at radius 1 is 0.750 bits per heavy atom. The van der Waals surface area contributed by atoms with Gasteiger partial charge in [0.05, 0.1) is 31.4 Å². The zero-order valence-electron chi connectivity index (χ0n) is 16.8. The minimum Gasteiger partial charge on any atom is -0.481 e. The Bertz CT molecular complexity index is 769. The Morgan fingerprint density at radius 3 is 1.59 bits per heavy atom. The van der Waals surface area contributed by atoms with E-state index in [2.05, 4.69) is 0 Å². The Labute approximate surface area is 180 Å². The van der Waals surface area contributed by atoms with Gasteiger partial charge in [-0.15, -0.1) is 0 Å². The van der Waals surface area contributed by atoms with Crippen LogP contribution in [0.2, 0.25) is 0 Å². The average Bonchev–Trinajstić information content (AvgIpc) is 2.62. The third kappa shape index (κ3) is 10.3. The fraction of sp³-hybridized carbons (Fsp3) is 0.562. The van der Waals surface area contributed by atoms with Crippen molar-refractivity contribution in [2.45, 2.75) is 56.5 Å². The van der Waals surface area contributed by atoms with Crippen LogP contribution in [0.15, 0.2) is 0 Å². The molecule has 0 saturated carbocycles. The standard InChI is InChI=1S/C16H25N5O11/c1-5(22)12(16(31)32)21-15(30)8(4-11(26)27)20-14(29)7(3-9(18)23)19-13(28)6(17)2-10(24)25/h5-8,12,22H,2-4,17H2,1H3,(H2,18,23)(H,19,28)(H,20,29)(H,21,30)(H,24,25)(H,26,27)(H,31,32). The molecule has 0 aromatic rings. The quantitative estimate of drug-likeness (QED) is 0.117. The van der Waals surface area contributed by atoms with Crippen molar-refractivity contribution in [3.8, 4) is 0 Å². The lowest BCUT2D eigenvalue weighted by atomic mass is 10.1. The van der Waals surface area contributed by atoms with Crippen molar-refractivity contribution in [1.82, 2.24) is 16.0 Å². The highest BCUT2D eigenvalue weighted by atomic mass is 16.4. The van der Waals surface area contributed by atoms with Crippen molar-refractivity contribution in [3.05, 3.63) is 0 Å². The van der Waals surface area contributed by atoms with Crippen LogP contribution >= 0.6 is 0 Å². The molecule has 32 heavy (non-hydrogen) atoms. The molecular weight excluding hydrogens is 438 g/mol. The molecule has 0 aliphatic carbocycles. The molecule has 0 bridgehead atoms. The maximum absolute atomic E-state index is 12.5. The Hall–Kier alpha value is -3.79. The second-order valence-electron chi connectivity index (χ2n) is 6.66. The van der Waals surface area contributed by atoms with Crippen LogP contribution < -0.4 is 27.4 Å². The molecule has 0 heterocycles. The number of carbonyl (C=O) groups is 7. The first kappa shape index (κ1) is 28.2. The summed E-state index contributed by atoms with van der Waals surface area (Å²) >= 11 is 0. The minimum absolute atomic E-state index is 0.809. The molecule has 0 fully saturated rings. The molecule has 4 amide bonds. The number of rotatable bonds is 14. The number of primary amides is 1. The second kappa shape index (κ2) is 12.8. The van der Waals surface area contributed by atoms with E-state index in [4.69, 9.17) is 26.8 Å². The van der Waals surface area contributed by atoms with E-state index in [1.165, 1.54) is 0 Å². The van der Waals surface area contributed by atoms with Crippen molar-refractivity contribution < 1.29 is 54.0 Å². The van der Waals surface area contributed by atoms with Gasteiger partial charge in [0.2, 0.25) is 23.6 Å². The predicted octanol–water partition coefficient (Wildman–Crippen LogP) is -4.94. The lowest BCUT2D eigenvalue weighted by Crippen LogP contribution is -2.59. The van der Waals surface area contributed by atoms with Crippen molar-refractivity contribution >= 4 is 41.5 Å². The normalized spacial score (nSPS) is 15.2. The summed E-state index contributed by atoms with van der Waals surface area (Å²) in [6, 6.07) is -7.06. The third-order valence-corrected chi connectivity index (χ3v) is 3.83. The van der Waals surface area contributed by atoms with E-state index in [1.54, 1.807) is 0 Å². The van der Waals surface area contributed by atoms with Crippen LogP contribution in [0.4, 0.5) is 0 Å². The van der Waals surface area contributed by atoms with Crippen LogP contribution in [-0.2, 0) is 33.6 Å². The van der Waals surface area contributed by atoms with Crippen LogP contribution in [0, 0.1) is 0 Å². The van der Waals surface area contributed by atoms with Gasteiger partial charge in [-0.3, -0.25) is 28.8 Å². The summed E-state index contributed by atoms with van der Waals surface area (Å²) in [6.45, 7) is 1.04. The fourth-order valence-electron chi connectivity index (χ4n) is 2.27. The van der Waals surface area contributed by atoms with Crippen LogP contribution in [-0.4, -0.2) is 92.2 Å². The Morgan fingerprint density at radius 2 is 1.19 bits per heavy atom. The lowest BCUT2D eigenvalue weighted by Gasteiger charge is -2.24. The number of aliphatic carboxylic acids is 3. The first-order valence-corrected chi connectivity index (χ1v) is 8.95. The van der Waals surface area contributed by atoms with Crippen LogP contribution in [0.25, 0.3) is 0 Å². The molecule has 0 spiro atoms. The van der Waals surface area contributed by atoms with Gasteiger partial charge >= 0.3 is 17.9 Å². The zero-order valence-corrected chi connectivity index (χ0v) is 16.8. The highest BCUT2D eigenvalue weighted by Crippen LogP contribution is 2.02. The van der Waals surface area contributed by atoms with Crippen LogP contribution in [0.3, 0.4) is 0 Å². The topological polar surface area (TPSA) is 289 Å². The number of carboxylic acid groups (broad SMARTS) is 3. The molecule has 0 aliphatic rings. The van der Waals surface area contributed by atoms with Gasteiger partial charge in [-0.05, 0) is 6.92 Å². The van der Waals surface area contributed by atoms with Gasteiger partial charge in [0.25, 0.3) is 0 Å². The molecule has 180 valence electrons. The molecule has 0 rings (SSSR count). The van der Waals surface area contributed by atoms with Crippen molar-refractivity contribution in [3.63, 3.8) is 0 Å². The summed E-state index contributed by atoms with van der Waals surface area (Å²) in [5.74, 6) is -9.42. The Kier molecular flexibility index (Phi) is 11.3. The summed E-state index contributed by atoms with van der Waals surface area (Å²) < 4.78 is 0. The highest BCUT2D eigenvalue weighted by Gasteiger charge is 2.33. The van der Waals surface area contributed by atoms with Crippen LogP contribution in [0.5, 0.6) is 0 Å². The molecular formula is C16H25N5O11. The largest absolute Gasteiger partial charge is 0.481 e. The van der Waals surface area contributed by atoms with E-state index in [0.717, 1.165) is 6.92 Å². The molecule has 16 heteroatoms. The van der Waals surface area contributed by atoms with E-state index in [0.29, 0.717) is 0 Å². The van der Waals surface area contributed by atoms with E-state index in [9.17, 15) is 38.7 Å². The minimum atomic E-state index is -1.87. The maximum Gasteiger partial charge on any atom is 0.328 e. The fourth-order valence-corrected chi connectivity index (χ4v) is 2.27. The molecule has 0 aromatic carbocycles. The van der Waals surface area contributed by atoms with Crippen molar-refractivity contribution in [2.75, 3.05) is 0 Å². The van der Waals surface area contributed by atoms with Gasteiger partial charge in [0.15, 0.2) is 6.04 Å². The highest BCUT2D eigenvalue weighted by molar-refractivity contribution is 5.97. The summed E-state index contributed by atoms with van der Waals surface area (Å²) in [5.41, 5.74) is 10.4. The first-order chi connectivity index (χ1) is 14.6. The van der Waals surface area contributed by atoms with E-state index >= 15 is 0 Å². The number of amides is 4. The van der Waals surface area contributed by atoms with Crippen molar-refractivity contribution in [2.24, 2.45) is 11.5 Å². The molecule has 0 aliphatic heterocycles. The van der Waals surface area contributed by atoms with Gasteiger partial charge in [0.1, 0.15) is 12.1 Å². The number of nitrogens with one attached hydrogen (secondary N) is 3. The number of carboxylic acids is 3. The summed E-state index contributed by atoms with van der Waals surface area (Å²) in [6.07, 6.45) is -4.23. The van der Waals surface area contributed by atoms with Crippen molar-refractivity contribution in [1.29, 1.82) is 0 Å². The van der Waals surface area contributed by atoms with Gasteiger partial charge in [-0.2, -0.15) is 0 Å². The molecule has 0 saturated heterocycles. The Balaban J connectivity index is 5.56. The van der Waals surface area contributed by atoms with Gasteiger partial charge < -0.3 is 47.8 Å². The van der Waals surface area contributed by atoms with Gasteiger partial charge in [0, 0.05) is 0 Å². The SMILES string of the molecule is CC(O)C(NC(=O)C(CC(=O)O)NC(=O)C(CC(N)=O)NC(=O)C(N)CC(=O)O)C(=O)O. The number of aliphatic hydroxyl groups is 1. The molecule has 0 aromatic heterocycles. The summed E-state index contributed by atoms with van der Waals surface area (Å²) in [4.78, 5) is 80.8. The lowest BCUT2D eigenvalue weighted by molar-refractivity contribution is -0.146. The number of carbonyl (C=O) groups excluding carboxylic acids is 4. The summed E-state index contributed by atoms with van der Waals surface area (Å²) in [7, 11) is 0. The average molecular weight is 463 g/mol. The number of aliphatic hydroxyl groups excluding tert-OH is 1. The second-order valence-corrected chi connectivity index (χ2v) is 6.66. The molecule has 0 radical (unpaired) electrons. The van der Waals surface area contributed by atoms with E-state index in [-0.39, 0.29) is 0 Å². The zero-order chi connectivity index (χ0) is 25.2. The molecule has 5 atom stereocenters. The van der Waals surface area contributed by atoms with Gasteiger partial charge in [-0.1, -0.05) is 0 Å². The third-order valence-electron chi connectivity index (χ3n) is 3.83. The smallest absolute Gasteiger partial charge is 0.328 e. The molecule has 16 nitrogen and oxygen atoms in total. The molecule has 5 unspecified atom stereocenters. The number of nitrogens with two attached hydrogens (primary N) is 2. The molecule has 11 N–H and O–H groups in total. The maximum atomic E-state index is 12.5. The number of hydrogen-bond acceptors (Lipinski definition) is 9. The van der Waals surface area contributed by atoms with Crippen LogP contribution in [0.1, 0.15) is 26.2 Å². The predicted molar refractivity (Wildman–Crippen MR) is 101 cm³/mol. The van der Waals surface area contributed by atoms with E-state index < -0.39 is 91.1 Å².